The van der Waals surface area contributed by atoms with Gasteiger partial charge in [0.15, 0.2) is 0 Å². The zero-order valence-corrected chi connectivity index (χ0v) is 11.0. The summed E-state index contributed by atoms with van der Waals surface area (Å²) in [6.45, 7) is 4.89. The Balaban J connectivity index is 1.66. The number of nitrogens with one attached hydrogen (secondary N) is 1. The van der Waals surface area contributed by atoms with Crippen molar-refractivity contribution < 1.29 is 0 Å². The molecule has 1 aromatic carbocycles. The molecule has 3 heteroatoms. The van der Waals surface area contributed by atoms with Gasteiger partial charge in [-0.2, -0.15) is 11.8 Å². The Bertz CT molecular complexity index is 372. The molecule has 0 amide bonds. The van der Waals surface area contributed by atoms with Crippen LogP contribution in [-0.4, -0.2) is 42.6 Å². The van der Waals surface area contributed by atoms with E-state index in [9.17, 15) is 0 Å². The predicted octanol–water partition coefficient (Wildman–Crippen LogP) is 2.63. The maximum Gasteiger partial charge on any atom is 0.0376 e. The molecule has 1 N–H and O–H groups in total. The van der Waals surface area contributed by atoms with Crippen LogP contribution >= 0.6 is 11.8 Å². The Morgan fingerprint density at radius 2 is 2.18 bits per heavy atom. The normalized spacial score (nSPS) is 25.1. The minimum absolute atomic E-state index is 0.689. The number of para-hydroxylation sites is 1. The van der Waals surface area contributed by atoms with E-state index < -0.39 is 0 Å². The molecule has 2 nitrogen and oxygen atoms in total. The molecule has 2 heterocycles. The number of hydrogen-bond donors (Lipinski definition) is 1. The van der Waals surface area contributed by atoms with E-state index in [1.54, 1.807) is 0 Å². The molecule has 1 saturated heterocycles. The van der Waals surface area contributed by atoms with Gasteiger partial charge in [0.2, 0.25) is 0 Å². The van der Waals surface area contributed by atoms with Crippen LogP contribution < -0.4 is 5.32 Å². The summed E-state index contributed by atoms with van der Waals surface area (Å²) in [4.78, 5) is 2.65. The van der Waals surface area contributed by atoms with Crippen LogP contribution in [0.5, 0.6) is 0 Å². The van der Waals surface area contributed by atoms with Crippen molar-refractivity contribution in [1.82, 2.24) is 4.90 Å². The van der Waals surface area contributed by atoms with Crippen molar-refractivity contribution in [3.8, 4) is 0 Å². The summed E-state index contributed by atoms with van der Waals surface area (Å²) in [5.74, 6) is 3.34. The molecule has 0 spiro atoms. The molecule has 1 aromatic rings. The largest absolute Gasteiger partial charge is 0.384 e. The summed E-state index contributed by atoms with van der Waals surface area (Å²) in [5, 5.41) is 3.52. The molecule has 1 atom stereocenters. The van der Waals surface area contributed by atoms with Crippen LogP contribution in [0, 0.1) is 0 Å². The first-order valence-corrected chi connectivity index (χ1v) is 7.72. The maximum atomic E-state index is 3.52. The van der Waals surface area contributed by atoms with Crippen LogP contribution in [0.1, 0.15) is 17.9 Å². The van der Waals surface area contributed by atoms with Gasteiger partial charge in [0.25, 0.3) is 0 Å². The Hall–Kier alpha value is -0.670. The van der Waals surface area contributed by atoms with E-state index in [4.69, 9.17) is 0 Å². The van der Waals surface area contributed by atoms with Crippen molar-refractivity contribution in [1.29, 1.82) is 0 Å². The third kappa shape index (κ3) is 2.61. The molecule has 92 valence electrons. The van der Waals surface area contributed by atoms with Crippen molar-refractivity contribution in [3.05, 3.63) is 29.8 Å². The quantitative estimate of drug-likeness (QED) is 0.866. The summed E-state index contributed by atoms with van der Waals surface area (Å²) in [5.41, 5.74) is 2.87. The molecule has 0 saturated carbocycles. The van der Waals surface area contributed by atoms with Gasteiger partial charge in [-0.15, -0.1) is 0 Å². The number of benzene rings is 1. The molecule has 17 heavy (non-hydrogen) atoms. The van der Waals surface area contributed by atoms with Crippen LogP contribution in [0.2, 0.25) is 0 Å². The number of nitrogens with zero attached hydrogens (tertiary/aromatic N) is 1. The molecule has 3 rings (SSSR count). The zero-order valence-electron chi connectivity index (χ0n) is 10.2. The van der Waals surface area contributed by atoms with Gasteiger partial charge in [0, 0.05) is 37.0 Å². The fourth-order valence-corrected chi connectivity index (χ4v) is 3.74. The van der Waals surface area contributed by atoms with Crippen LogP contribution in [0.15, 0.2) is 24.3 Å². The Morgan fingerprint density at radius 1 is 1.24 bits per heavy atom. The Labute approximate surface area is 108 Å². The minimum atomic E-state index is 0.689. The van der Waals surface area contributed by atoms with E-state index in [0.717, 1.165) is 6.54 Å². The number of anilines is 1. The van der Waals surface area contributed by atoms with E-state index in [0.29, 0.717) is 5.92 Å². The first-order chi connectivity index (χ1) is 8.43. The number of fused-ring (bicyclic) bond motifs is 1. The lowest BCUT2D eigenvalue weighted by Gasteiger charge is -2.23. The summed E-state index contributed by atoms with van der Waals surface area (Å²) in [6.07, 6.45) is 1.35. The maximum absolute atomic E-state index is 3.52. The Kier molecular flexibility index (Phi) is 3.57. The first kappa shape index (κ1) is 11.4. The van der Waals surface area contributed by atoms with E-state index in [2.05, 4.69) is 46.2 Å². The molecular weight excluding hydrogens is 228 g/mol. The fraction of sp³-hybridized carbons (Fsp3) is 0.571. The van der Waals surface area contributed by atoms with Crippen molar-refractivity contribution in [2.24, 2.45) is 0 Å². The molecule has 1 unspecified atom stereocenters. The summed E-state index contributed by atoms with van der Waals surface area (Å²) in [7, 11) is 0. The van der Waals surface area contributed by atoms with Crippen molar-refractivity contribution in [3.63, 3.8) is 0 Å². The van der Waals surface area contributed by atoms with Crippen LogP contribution in [0.3, 0.4) is 0 Å². The van der Waals surface area contributed by atoms with Crippen molar-refractivity contribution in [2.45, 2.75) is 12.3 Å². The second kappa shape index (κ2) is 5.32. The van der Waals surface area contributed by atoms with Crippen molar-refractivity contribution >= 4 is 17.4 Å². The first-order valence-electron chi connectivity index (χ1n) is 6.56. The van der Waals surface area contributed by atoms with Gasteiger partial charge in [-0.3, -0.25) is 0 Å². The van der Waals surface area contributed by atoms with Crippen molar-refractivity contribution in [2.75, 3.05) is 43.0 Å². The van der Waals surface area contributed by atoms with Gasteiger partial charge in [0.05, 0.1) is 0 Å². The average molecular weight is 248 g/mol. The molecule has 0 aromatic heterocycles. The van der Waals surface area contributed by atoms with Gasteiger partial charge in [-0.1, -0.05) is 18.2 Å². The van der Waals surface area contributed by atoms with Gasteiger partial charge >= 0.3 is 0 Å². The van der Waals surface area contributed by atoms with Gasteiger partial charge in [0.1, 0.15) is 0 Å². The molecule has 1 fully saturated rings. The third-order valence-corrected chi connectivity index (χ3v) is 4.78. The van der Waals surface area contributed by atoms with Crippen LogP contribution in [0.25, 0.3) is 0 Å². The lowest BCUT2D eigenvalue weighted by atomic mass is 10.0. The fourth-order valence-electron chi connectivity index (χ4n) is 2.81. The number of hydrogen-bond acceptors (Lipinski definition) is 3. The smallest absolute Gasteiger partial charge is 0.0376 e. The highest BCUT2D eigenvalue weighted by atomic mass is 32.2. The minimum Gasteiger partial charge on any atom is -0.384 e. The van der Waals surface area contributed by atoms with E-state index in [-0.39, 0.29) is 0 Å². The van der Waals surface area contributed by atoms with Crippen LogP contribution in [0.4, 0.5) is 5.69 Å². The summed E-state index contributed by atoms with van der Waals surface area (Å²) < 4.78 is 0. The van der Waals surface area contributed by atoms with E-state index in [1.165, 1.54) is 48.8 Å². The topological polar surface area (TPSA) is 15.3 Å². The number of thioether (sulfide) groups is 1. The van der Waals surface area contributed by atoms with E-state index in [1.807, 2.05) is 0 Å². The van der Waals surface area contributed by atoms with Gasteiger partial charge in [-0.25, -0.2) is 0 Å². The Morgan fingerprint density at radius 3 is 3.18 bits per heavy atom. The molecule has 2 aliphatic heterocycles. The molecule has 0 aliphatic carbocycles. The van der Waals surface area contributed by atoms with Gasteiger partial charge in [-0.05, 0) is 30.3 Å². The predicted molar refractivity (Wildman–Crippen MR) is 76.1 cm³/mol. The van der Waals surface area contributed by atoms with Crippen LogP contribution in [-0.2, 0) is 0 Å². The monoisotopic (exact) mass is 248 g/mol. The summed E-state index contributed by atoms with van der Waals surface area (Å²) >= 11 is 2.11. The second-order valence-corrected chi connectivity index (χ2v) is 6.16. The lowest BCUT2D eigenvalue weighted by molar-refractivity contribution is 0.281. The highest BCUT2D eigenvalue weighted by molar-refractivity contribution is 7.99. The highest BCUT2D eigenvalue weighted by Gasteiger charge is 2.23. The standard InChI is InChI=1S/C14H20N2S/c1-2-5-14-13(4-1)12(10-15-14)11-16-6-3-8-17-9-7-16/h1-2,4-5,12,15H,3,6-11H2. The highest BCUT2D eigenvalue weighted by Crippen LogP contribution is 2.31. The summed E-state index contributed by atoms with van der Waals surface area (Å²) in [6, 6.07) is 8.77. The molecular formula is C14H20N2S. The zero-order chi connectivity index (χ0) is 11.5. The van der Waals surface area contributed by atoms with E-state index >= 15 is 0 Å². The van der Waals surface area contributed by atoms with Gasteiger partial charge < -0.3 is 10.2 Å². The second-order valence-electron chi connectivity index (χ2n) is 4.93. The lowest BCUT2D eigenvalue weighted by Crippen LogP contribution is -2.31. The molecule has 0 bridgehead atoms. The molecule has 0 radical (unpaired) electrons. The SMILES string of the molecule is c1ccc2c(c1)NCC2CN1CCCSCC1. The number of rotatable bonds is 2. The third-order valence-electron chi connectivity index (χ3n) is 3.73. The molecule has 2 aliphatic rings. The average Bonchev–Trinajstić information content (AvgIpc) is 2.59.